The van der Waals surface area contributed by atoms with Crippen LogP contribution >= 0.6 is 0 Å². The Kier molecular flexibility index (Phi) is 4.90. The Morgan fingerprint density at radius 1 is 0.794 bits per heavy atom. The summed E-state index contributed by atoms with van der Waals surface area (Å²) in [5.41, 5.74) is 6.13. The Bertz CT molecular complexity index is 1500. The van der Waals surface area contributed by atoms with Crippen LogP contribution in [0.15, 0.2) is 83.3 Å². The summed E-state index contributed by atoms with van der Waals surface area (Å²) in [6, 6.07) is 28.2. The average molecular weight is 446 g/mol. The summed E-state index contributed by atoms with van der Waals surface area (Å²) in [5.74, 6) is 0. The van der Waals surface area contributed by atoms with Gasteiger partial charge in [-0.25, -0.2) is 0 Å². The molecule has 0 spiro atoms. The highest BCUT2D eigenvalue weighted by Gasteiger charge is 2.68. The van der Waals surface area contributed by atoms with Gasteiger partial charge < -0.3 is 9.07 Å². The van der Waals surface area contributed by atoms with E-state index in [2.05, 4.69) is 94.4 Å². The zero-order valence-corrected chi connectivity index (χ0v) is 20.5. The predicted octanol–water partition coefficient (Wildman–Crippen LogP) is 8.22. The van der Waals surface area contributed by atoms with Crippen molar-refractivity contribution in [1.82, 2.24) is 0 Å². The molecule has 3 heteroatoms. The third-order valence-electron chi connectivity index (χ3n) is 7.89. The van der Waals surface area contributed by atoms with E-state index in [1.165, 1.54) is 45.6 Å². The van der Waals surface area contributed by atoms with Crippen LogP contribution in [0.25, 0.3) is 43.8 Å². The first kappa shape index (κ1) is 21.5. The molecule has 0 radical (unpaired) electrons. The summed E-state index contributed by atoms with van der Waals surface area (Å²) in [4.78, 5) is 0. The van der Waals surface area contributed by atoms with Crippen molar-refractivity contribution in [2.45, 2.75) is 52.5 Å². The van der Waals surface area contributed by atoms with Crippen molar-refractivity contribution < 1.29 is 9.07 Å². The molecule has 0 bridgehead atoms. The molecule has 1 aliphatic carbocycles. The van der Waals surface area contributed by atoms with Crippen molar-refractivity contribution in [2.24, 2.45) is 5.41 Å². The van der Waals surface area contributed by atoms with Crippen LogP contribution in [0, 0.1) is 5.41 Å². The molecule has 7 rings (SSSR count). The molecule has 1 aliphatic heterocycles. The van der Waals surface area contributed by atoms with E-state index < -0.39 is 0 Å². The quantitative estimate of drug-likeness (QED) is 0.255. The van der Waals surface area contributed by atoms with Crippen LogP contribution in [0.1, 0.15) is 40.5 Å². The van der Waals surface area contributed by atoms with Crippen LogP contribution in [0.5, 0.6) is 0 Å². The summed E-state index contributed by atoms with van der Waals surface area (Å²) in [6.07, 6.45) is 3.58. The van der Waals surface area contributed by atoms with Gasteiger partial charge in [-0.2, -0.15) is 0 Å². The topological polar surface area (TPSA) is 22.4 Å². The second-order valence-electron chi connectivity index (χ2n) is 10.6. The van der Waals surface area contributed by atoms with E-state index in [9.17, 15) is 0 Å². The van der Waals surface area contributed by atoms with Crippen molar-refractivity contribution in [3.05, 3.63) is 78.9 Å². The SMILES string of the molecule is CC12CB(c3ccc(-c4ccc5c(ccc6c7ccccc7oc56)c4)cc3)OC1(C)C2.CCC. The zero-order chi connectivity index (χ0) is 23.5. The molecule has 5 aromatic rings. The van der Waals surface area contributed by atoms with Crippen LogP contribution in [0.4, 0.5) is 0 Å². The van der Waals surface area contributed by atoms with E-state index in [1.807, 2.05) is 12.1 Å². The minimum atomic E-state index is 0.0939. The van der Waals surface area contributed by atoms with Gasteiger partial charge >= 0.3 is 6.92 Å². The zero-order valence-electron chi connectivity index (χ0n) is 20.5. The van der Waals surface area contributed by atoms with Gasteiger partial charge in [0, 0.05) is 16.2 Å². The lowest BCUT2D eigenvalue weighted by Crippen LogP contribution is -2.32. The molecule has 1 saturated heterocycles. The smallest absolute Gasteiger partial charge is 0.327 e. The van der Waals surface area contributed by atoms with Crippen LogP contribution in [-0.4, -0.2) is 12.5 Å². The molecule has 2 nitrogen and oxygen atoms in total. The van der Waals surface area contributed by atoms with Gasteiger partial charge in [0.1, 0.15) is 11.2 Å². The fourth-order valence-corrected chi connectivity index (χ4v) is 5.70. The van der Waals surface area contributed by atoms with Crippen molar-refractivity contribution in [1.29, 1.82) is 0 Å². The molecule has 2 unspecified atom stereocenters. The van der Waals surface area contributed by atoms with Crippen molar-refractivity contribution in [3.8, 4) is 11.1 Å². The first-order valence-corrected chi connectivity index (χ1v) is 12.6. The summed E-state index contributed by atoms with van der Waals surface area (Å²) in [6.45, 7) is 9.10. The maximum atomic E-state index is 6.37. The van der Waals surface area contributed by atoms with E-state index in [4.69, 9.17) is 9.07 Å². The van der Waals surface area contributed by atoms with E-state index in [0.29, 0.717) is 5.41 Å². The number of hydrogen-bond acceptors (Lipinski definition) is 2. The minimum absolute atomic E-state index is 0.0939. The van der Waals surface area contributed by atoms with E-state index in [0.717, 1.165) is 22.9 Å². The third kappa shape index (κ3) is 3.29. The molecule has 1 aromatic heterocycles. The molecule has 170 valence electrons. The average Bonchev–Trinajstić information content (AvgIpc) is 3.10. The van der Waals surface area contributed by atoms with Crippen molar-refractivity contribution in [2.75, 3.05) is 0 Å². The molecule has 34 heavy (non-hydrogen) atoms. The third-order valence-corrected chi connectivity index (χ3v) is 7.89. The Labute approximate surface area is 202 Å². The molecule has 1 saturated carbocycles. The van der Waals surface area contributed by atoms with E-state index in [1.54, 1.807) is 0 Å². The Morgan fingerprint density at radius 2 is 1.50 bits per heavy atom. The highest BCUT2D eigenvalue weighted by Crippen LogP contribution is 2.66. The fraction of sp³-hybridized carbons (Fsp3) is 0.290. The van der Waals surface area contributed by atoms with Gasteiger partial charge in [-0.3, -0.25) is 0 Å². The monoisotopic (exact) mass is 446 g/mol. The van der Waals surface area contributed by atoms with Crippen LogP contribution < -0.4 is 5.46 Å². The summed E-state index contributed by atoms with van der Waals surface area (Å²) in [7, 11) is 0. The number of rotatable bonds is 2. The maximum Gasteiger partial charge on any atom is 0.327 e. The molecule has 0 amide bonds. The lowest BCUT2D eigenvalue weighted by atomic mass is 9.56. The van der Waals surface area contributed by atoms with Gasteiger partial charge in [-0.05, 0) is 71.3 Å². The summed E-state index contributed by atoms with van der Waals surface area (Å²) >= 11 is 0. The summed E-state index contributed by atoms with van der Waals surface area (Å²) < 4.78 is 12.6. The molecule has 4 aromatic carbocycles. The van der Waals surface area contributed by atoms with Gasteiger partial charge in [0.25, 0.3) is 0 Å². The molecule has 2 heterocycles. The molecular weight excluding hydrogens is 415 g/mol. The minimum Gasteiger partial charge on any atom is -0.455 e. The normalized spacial score (nSPS) is 23.2. The van der Waals surface area contributed by atoms with Crippen molar-refractivity contribution in [3.63, 3.8) is 0 Å². The molecule has 0 N–H and O–H groups in total. The lowest BCUT2D eigenvalue weighted by Gasteiger charge is -2.13. The highest BCUT2D eigenvalue weighted by atomic mass is 16.5. The lowest BCUT2D eigenvalue weighted by molar-refractivity contribution is 0.194. The number of fused-ring (bicyclic) bond motifs is 6. The van der Waals surface area contributed by atoms with Crippen LogP contribution in [0.2, 0.25) is 6.32 Å². The molecule has 2 atom stereocenters. The van der Waals surface area contributed by atoms with Gasteiger partial charge in [0.15, 0.2) is 0 Å². The number of para-hydroxylation sites is 1. The van der Waals surface area contributed by atoms with Crippen LogP contribution in [-0.2, 0) is 4.65 Å². The van der Waals surface area contributed by atoms with Crippen molar-refractivity contribution >= 4 is 45.1 Å². The fourth-order valence-electron chi connectivity index (χ4n) is 5.70. The van der Waals surface area contributed by atoms with Gasteiger partial charge in [-0.15, -0.1) is 0 Å². The summed E-state index contributed by atoms with van der Waals surface area (Å²) in [5, 5.41) is 4.72. The van der Waals surface area contributed by atoms with Gasteiger partial charge in [0.05, 0.1) is 5.60 Å². The van der Waals surface area contributed by atoms with E-state index >= 15 is 0 Å². The molecular formula is C31H31BO2. The first-order chi connectivity index (χ1) is 16.4. The Hall–Kier alpha value is -3.04. The Balaban J connectivity index is 0.000000691. The predicted molar refractivity (Wildman–Crippen MR) is 145 cm³/mol. The number of benzene rings is 4. The second-order valence-corrected chi connectivity index (χ2v) is 10.6. The highest BCUT2D eigenvalue weighted by molar-refractivity contribution is 6.68. The molecule has 2 fully saturated rings. The van der Waals surface area contributed by atoms with Gasteiger partial charge in [0.2, 0.25) is 0 Å². The standard InChI is InChI=1S/C28H23BO2.C3H8/c1-27-16-28(27,2)31-29(17-27)21-11-7-18(8-12-21)19-9-13-22-20(15-19)10-14-24-23-5-3-4-6-25(23)30-26(22)24;1-3-2/h3-15H,16-17H2,1-2H3;3H2,1-2H3. The maximum absolute atomic E-state index is 6.37. The first-order valence-electron chi connectivity index (χ1n) is 12.6. The molecule has 2 aliphatic rings. The van der Waals surface area contributed by atoms with Gasteiger partial charge in [-0.1, -0.05) is 81.8 Å². The largest absolute Gasteiger partial charge is 0.455 e. The Morgan fingerprint density at radius 3 is 2.24 bits per heavy atom. The number of hydrogen-bond donors (Lipinski definition) is 0. The second kappa shape index (κ2) is 7.75. The number of furan rings is 1. The van der Waals surface area contributed by atoms with E-state index in [-0.39, 0.29) is 12.5 Å². The van der Waals surface area contributed by atoms with Crippen LogP contribution in [0.3, 0.4) is 0 Å².